The maximum absolute atomic E-state index is 12.9. The van der Waals surface area contributed by atoms with Crippen LogP contribution in [0.15, 0.2) is 47.4 Å². The minimum absolute atomic E-state index is 0.0295. The van der Waals surface area contributed by atoms with Crippen LogP contribution in [0, 0.1) is 0 Å². The van der Waals surface area contributed by atoms with Crippen LogP contribution in [-0.4, -0.2) is 38.8 Å². The highest BCUT2D eigenvalue weighted by atomic mass is 32.2. The first-order chi connectivity index (χ1) is 13.0. The lowest BCUT2D eigenvalue weighted by atomic mass is 10.1. The van der Waals surface area contributed by atoms with Crippen molar-refractivity contribution in [1.29, 1.82) is 0 Å². The molecule has 1 heterocycles. The maximum atomic E-state index is 12.9. The molecule has 0 aliphatic carbocycles. The van der Waals surface area contributed by atoms with Crippen molar-refractivity contribution >= 4 is 21.6 Å². The molecule has 2 aromatic rings. The van der Waals surface area contributed by atoms with E-state index in [1.54, 1.807) is 6.07 Å². The molecular weight excluding hydrogens is 364 g/mol. The Balaban J connectivity index is 1.91. The van der Waals surface area contributed by atoms with Gasteiger partial charge in [-0.05, 0) is 55.2 Å². The molecule has 3 rings (SSSR count). The fourth-order valence-electron chi connectivity index (χ4n) is 3.16. The van der Waals surface area contributed by atoms with E-state index in [2.05, 4.69) is 5.32 Å². The van der Waals surface area contributed by atoms with Gasteiger partial charge in [-0.2, -0.15) is 4.31 Å². The maximum Gasteiger partial charge on any atom is 0.255 e. The second-order valence-electron chi connectivity index (χ2n) is 6.48. The number of methoxy groups -OCH3 is 1. The first-order valence-corrected chi connectivity index (χ1v) is 10.5. The van der Waals surface area contributed by atoms with Gasteiger partial charge in [-0.3, -0.25) is 4.79 Å². The molecule has 0 unspecified atom stereocenters. The van der Waals surface area contributed by atoms with Gasteiger partial charge < -0.3 is 10.1 Å². The molecule has 1 saturated heterocycles. The average Bonchev–Trinajstić information content (AvgIpc) is 3.23. The highest BCUT2D eigenvalue weighted by Crippen LogP contribution is 2.30. The summed E-state index contributed by atoms with van der Waals surface area (Å²) in [7, 11) is -2.27. The number of nitrogens with one attached hydrogen (secondary N) is 1. The first kappa shape index (κ1) is 19.4. The van der Waals surface area contributed by atoms with Crippen molar-refractivity contribution in [1.82, 2.24) is 4.31 Å². The number of ether oxygens (including phenoxy) is 1. The summed E-state index contributed by atoms with van der Waals surface area (Å²) >= 11 is 0. The van der Waals surface area contributed by atoms with Crippen LogP contribution < -0.4 is 10.1 Å². The molecule has 1 aliphatic rings. The van der Waals surface area contributed by atoms with Gasteiger partial charge in [0.15, 0.2) is 0 Å². The summed E-state index contributed by atoms with van der Waals surface area (Å²) in [5.41, 5.74) is 2.06. The van der Waals surface area contributed by atoms with Crippen LogP contribution in [0.2, 0.25) is 0 Å². The van der Waals surface area contributed by atoms with E-state index in [1.165, 1.54) is 23.5 Å². The molecule has 1 aliphatic heterocycles. The summed E-state index contributed by atoms with van der Waals surface area (Å²) < 4.78 is 32.6. The monoisotopic (exact) mass is 388 g/mol. The Bertz CT molecular complexity index is 935. The number of sulfonamides is 1. The zero-order valence-electron chi connectivity index (χ0n) is 15.6. The quantitative estimate of drug-likeness (QED) is 0.824. The van der Waals surface area contributed by atoms with Crippen molar-refractivity contribution in [2.45, 2.75) is 31.1 Å². The molecule has 1 fully saturated rings. The van der Waals surface area contributed by atoms with Crippen LogP contribution in [0.25, 0.3) is 0 Å². The van der Waals surface area contributed by atoms with Gasteiger partial charge in [0, 0.05) is 24.3 Å². The summed E-state index contributed by atoms with van der Waals surface area (Å²) in [4.78, 5) is 12.7. The van der Waals surface area contributed by atoms with Crippen LogP contribution >= 0.6 is 0 Å². The fourth-order valence-corrected chi connectivity index (χ4v) is 4.86. The van der Waals surface area contributed by atoms with Gasteiger partial charge in [0.1, 0.15) is 10.6 Å². The lowest BCUT2D eigenvalue weighted by Crippen LogP contribution is -2.28. The summed E-state index contributed by atoms with van der Waals surface area (Å²) in [5, 5.41) is 2.83. The number of aryl methyl sites for hydroxylation is 1. The van der Waals surface area contributed by atoms with Crippen molar-refractivity contribution in [3.63, 3.8) is 0 Å². The van der Waals surface area contributed by atoms with Crippen LogP contribution in [-0.2, 0) is 16.4 Å². The van der Waals surface area contributed by atoms with E-state index >= 15 is 0 Å². The molecule has 0 saturated carbocycles. The second-order valence-corrected chi connectivity index (χ2v) is 8.39. The third-order valence-corrected chi connectivity index (χ3v) is 6.62. The second kappa shape index (κ2) is 8.10. The average molecular weight is 388 g/mol. The third kappa shape index (κ3) is 4.14. The molecule has 0 radical (unpaired) electrons. The summed E-state index contributed by atoms with van der Waals surface area (Å²) in [5.74, 6) is -0.116. The number of nitrogens with zero attached hydrogens (tertiary/aromatic N) is 1. The SMILES string of the molecule is CCc1cccc(NC(=O)c2ccc(OC)c(S(=O)(=O)N3CCCC3)c2)c1. The highest BCUT2D eigenvalue weighted by molar-refractivity contribution is 7.89. The van der Waals surface area contributed by atoms with E-state index in [9.17, 15) is 13.2 Å². The number of carbonyl (C=O) groups excluding carboxylic acids is 1. The third-order valence-electron chi connectivity index (χ3n) is 4.70. The molecule has 2 aromatic carbocycles. The van der Waals surface area contributed by atoms with Gasteiger partial charge in [0.05, 0.1) is 7.11 Å². The van der Waals surface area contributed by atoms with E-state index in [0.29, 0.717) is 18.8 Å². The predicted octanol–water partition coefficient (Wildman–Crippen LogP) is 3.29. The van der Waals surface area contributed by atoms with E-state index in [4.69, 9.17) is 4.74 Å². The van der Waals surface area contributed by atoms with Crippen molar-refractivity contribution in [3.8, 4) is 5.75 Å². The standard InChI is InChI=1S/C20H24N2O4S/c1-3-15-7-6-8-17(13-15)21-20(23)16-9-10-18(26-2)19(14-16)27(24,25)22-11-4-5-12-22/h6-10,13-14H,3-5,11-12H2,1-2H3,(H,21,23). The Hall–Kier alpha value is -2.38. The largest absolute Gasteiger partial charge is 0.495 e. The molecule has 1 amide bonds. The number of amides is 1. The molecule has 0 aromatic heterocycles. The molecule has 144 valence electrons. The highest BCUT2D eigenvalue weighted by Gasteiger charge is 2.30. The predicted molar refractivity (Wildman–Crippen MR) is 105 cm³/mol. The molecule has 27 heavy (non-hydrogen) atoms. The number of rotatable bonds is 6. The molecule has 7 heteroatoms. The lowest BCUT2D eigenvalue weighted by Gasteiger charge is -2.18. The van der Waals surface area contributed by atoms with Crippen LogP contribution in [0.4, 0.5) is 5.69 Å². The van der Waals surface area contributed by atoms with Gasteiger partial charge in [-0.25, -0.2) is 8.42 Å². The summed E-state index contributed by atoms with van der Waals surface area (Å²) in [6.07, 6.45) is 2.55. The van der Waals surface area contributed by atoms with Crippen molar-refractivity contribution < 1.29 is 17.9 Å². The van der Waals surface area contributed by atoms with Crippen LogP contribution in [0.5, 0.6) is 5.75 Å². The number of hydrogen-bond donors (Lipinski definition) is 1. The Labute approximate surface area is 160 Å². The Morgan fingerprint density at radius 1 is 1.15 bits per heavy atom. The molecule has 0 atom stereocenters. The molecule has 0 bridgehead atoms. The van der Waals surface area contributed by atoms with Crippen molar-refractivity contribution in [3.05, 3.63) is 53.6 Å². The first-order valence-electron chi connectivity index (χ1n) is 9.04. The lowest BCUT2D eigenvalue weighted by molar-refractivity contribution is 0.102. The summed E-state index contributed by atoms with van der Waals surface area (Å²) in [6.45, 7) is 3.03. The molecule has 0 spiro atoms. The normalized spacial score (nSPS) is 14.9. The number of benzene rings is 2. The number of carbonyl (C=O) groups is 1. The summed E-state index contributed by atoms with van der Waals surface area (Å²) in [6, 6.07) is 12.1. The number of anilines is 1. The minimum Gasteiger partial charge on any atom is -0.495 e. The van der Waals surface area contributed by atoms with E-state index in [-0.39, 0.29) is 22.1 Å². The van der Waals surface area contributed by atoms with Crippen LogP contribution in [0.1, 0.15) is 35.7 Å². The smallest absolute Gasteiger partial charge is 0.255 e. The zero-order chi connectivity index (χ0) is 19.4. The zero-order valence-corrected chi connectivity index (χ0v) is 16.4. The van der Waals surface area contributed by atoms with Gasteiger partial charge in [0.2, 0.25) is 10.0 Å². The van der Waals surface area contributed by atoms with E-state index < -0.39 is 10.0 Å². The Morgan fingerprint density at radius 2 is 1.89 bits per heavy atom. The van der Waals surface area contributed by atoms with Gasteiger partial charge in [-0.15, -0.1) is 0 Å². The van der Waals surface area contributed by atoms with Gasteiger partial charge in [0.25, 0.3) is 5.91 Å². The molecule has 6 nitrogen and oxygen atoms in total. The van der Waals surface area contributed by atoms with Crippen LogP contribution in [0.3, 0.4) is 0 Å². The minimum atomic E-state index is -3.69. The fraction of sp³-hybridized carbons (Fsp3) is 0.350. The Kier molecular flexibility index (Phi) is 5.82. The van der Waals surface area contributed by atoms with Crippen molar-refractivity contribution in [2.24, 2.45) is 0 Å². The van der Waals surface area contributed by atoms with E-state index in [1.807, 2.05) is 31.2 Å². The Morgan fingerprint density at radius 3 is 2.56 bits per heavy atom. The molecular formula is C20H24N2O4S. The van der Waals surface area contributed by atoms with E-state index in [0.717, 1.165) is 24.8 Å². The van der Waals surface area contributed by atoms with Gasteiger partial charge in [-0.1, -0.05) is 19.1 Å². The van der Waals surface area contributed by atoms with Crippen molar-refractivity contribution in [2.75, 3.05) is 25.5 Å². The van der Waals surface area contributed by atoms with Gasteiger partial charge >= 0.3 is 0 Å². The molecule has 1 N–H and O–H groups in total. The number of hydrogen-bond acceptors (Lipinski definition) is 4. The topological polar surface area (TPSA) is 75.7 Å².